The third-order valence-corrected chi connectivity index (χ3v) is 6.24. The summed E-state index contributed by atoms with van der Waals surface area (Å²) in [5.41, 5.74) is 1.75. The molecule has 1 atom stereocenters. The highest BCUT2D eigenvalue weighted by Crippen LogP contribution is 2.47. The molecule has 1 aromatic heterocycles. The predicted molar refractivity (Wildman–Crippen MR) is 107 cm³/mol. The molecule has 2 aliphatic rings. The van der Waals surface area contributed by atoms with E-state index in [1.54, 1.807) is 18.3 Å². The summed E-state index contributed by atoms with van der Waals surface area (Å²) in [7, 11) is 0. The number of hydrogen-bond acceptors (Lipinski definition) is 4. The highest BCUT2D eigenvalue weighted by atomic mass is 19.1. The van der Waals surface area contributed by atoms with Gasteiger partial charge in [-0.1, -0.05) is 6.07 Å². The van der Waals surface area contributed by atoms with Gasteiger partial charge in [0.2, 0.25) is 0 Å². The van der Waals surface area contributed by atoms with Crippen molar-refractivity contribution in [1.29, 1.82) is 0 Å². The van der Waals surface area contributed by atoms with Crippen molar-refractivity contribution < 1.29 is 9.18 Å². The number of hydrogen-bond donors (Lipinski definition) is 0. The molecular weight excluding hydrogens is 355 g/mol. The van der Waals surface area contributed by atoms with Crippen LogP contribution in [0.25, 0.3) is 0 Å². The molecule has 1 unspecified atom stereocenters. The molecule has 0 aliphatic carbocycles. The van der Waals surface area contributed by atoms with Crippen molar-refractivity contribution in [3.05, 3.63) is 53.4 Å². The van der Waals surface area contributed by atoms with Crippen LogP contribution in [0.4, 0.5) is 10.1 Å². The van der Waals surface area contributed by atoms with Crippen molar-refractivity contribution in [3.8, 4) is 0 Å². The first-order valence-corrected chi connectivity index (χ1v) is 9.87. The molecule has 0 saturated carbocycles. The van der Waals surface area contributed by atoms with Crippen LogP contribution >= 0.6 is 0 Å². The summed E-state index contributed by atoms with van der Waals surface area (Å²) in [6.45, 7) is 9.49. The Morgan fingerprint density at radius 1 is 1.25 bits per heavy atom. The van der Waals surface area contributed by atoms with E-state index < -0.39 is 0 Å². The summed E-state index contributed by atoms with van der Waals surface area (Å²) < 4.78 is 13.8. The molecule has 0 N–H and O–H groups in total. The fourth-order valence-electron chi connectivity index (χ4n) is 5.09. The Morgan fingerprint density at radius 2 is 2.04 bits per heavy atom. The van der Waals surface area contributed by atoms with E-state index in [-0.39, 0.29) is 22.8 Å². The minimum atomic E-state index is -0.246. The molecule has 0 radical (unpaired) electrons. The van der Waals surface area contributed by atoms with Gasteiger partial charge >= 0.3 is 0 Å². The second kappa shape index (κ2) is 6.54. The Morgan fingerprint density at radius 3 is 2.75 bits per heavy atom. The first-order valence-electron chi connectivity index (χ1n) is 9.87. The van der Waals surface area contributed by atoms with Crippen LogP contribution in [-0.4, -0.2) is 44.9 Å². The number of aryl methyl sites for hydroxylation is 2. The van der Waals surface area contributed by atoms with Crippen LogP contribution < -0.4 is 4.90 Å². The van der Waals surface area contributed by atoms with Crippen LogP contribution in [0.5, 0.6) is 0 Å². The predicted octanol–water partition coefficient (Wildman–Crippen LogP) is 3.90. The van der Waals surface area contributed by atoms with Gasteiger partial charge in [0.25, 0.3) is 5.91 Å². The smallest absolute Gasteiger partial charge is 0.257 e. The fourth-order valence-corrected chi connectivity index (χ4v) is 5.09. The second-order valence-corrected chi connectivity index (χ2v) is 8.76. The number of anilines is 1. The van der Waals surface area contributed by atoms with Gasteiger partial charge in [0.05, 0.1) is 16.8 Å². The Hall–Kier alpha value is -2.50. The molecule has 3 heterocycles. The molecule has 5 nitrogen and oxygen atoms in total. The van der Waals surface area contributed by atoms with Crippen LogP contribution in [0, 0.1) is 19.7 Å². The molecule has 0 bridgehead atoms. The van der Waals surface area contributed by atoms with Crippen molar-refractivity contribution in [3.63, 3.8) is 0 Å². The van der Waals surface area contributed by atoms with Gasteiger partial charge in [-0.2, -0.15) is 0 Å². The number of aromatic nitrogens is 2. The first kappa shape index (κ1) is 18.8. The normalized spacial score (nSPS) is 23.6. The molecule has 1 aromatic carbocycles. The SMILES string of the molecule is Cc1ncc(C(=O)N2CCCC23CN(c2cccc(F)c2)C(C)(C)C3)c(C)n1. The van der Waals surface area contributed by atoms with Crippen molar-refractivity contribution in [2.75, 3.05) is 18.0 Å². The minimum Gasteiger partial charge on any atom is -0.364 e. The number of carbonyl (C=O) groups excluding carboxylic acids is 1. The lowest BCUT2D eigenvalue weighted by atomic mass is 9.87. The van der Waals surface area contributed by atoms with E-state index in [0.29, 0.717) is 17.9 Å². The summed E-state index contributed by atoms with van der Waals surface area (Å²) >= 11 is 0. The topological polar surface area (TPSA) is 49.3 Å². The average molecular weight is 382 g/mol. The lowest BCUT2D eigenvalue weighted by Gasteiger charge is -2.35. The summed E-state index contributed by atoms with van der Waals surface area (Å²) in [5, 5.41) is 0. The molecule has 2 fully saturated rings. The summed E-state index contributed by atoms with van der Waals surface area (Å²) in [6.07, 6.45) is 4.44. The van der Waals surface area contributed by atoms with E-state index in [1.807, 2.05) is 24.8 Å². The Labute approximate surface area is 165 Å². The van der Waals surface area contributed by atoms with Gasteiger partial charge in [-0.15, -0.1) is 0 Å². The summed E-state index contributed by atoms with van der Waals surface area (Å²) in [5.74, 6) is 0.442. The van der Waals surface area contributed by atoms with E-state index in [2.05, 4.69) is 28.7 Å². The molecule has 2 saturated heterocycles. The molecule has 6 heteroatoms. The maximum atomic E-state index is 13.8. The average Bonchev–Trinajstić information content (AvgIpc) is 3.14. The Balaban J connectivity index is 1.68. The van der Waals surface area contributed by atoms with Crippen molar-refractivity contribution in [2.24, 2.45) is 0 Å². The summed E-state index contributed by atoms with van der Waals surface area (Å²) in [6, 6.07) is 6.74. The third-order valence-electron chi connectivity index (χ3n) is 6.24. The molecule has 2 aliphatic heterocycles. The quantitative estimate of drug-likeness (QED) is 0.791. The molecular formula is C22H27FN4O. The molecule has 148 valence electrons. The molecule has 1 amide bonds. The van der Waals surface area contributed by atoms with Crippen LogP contribution in [0.1, 0.15) is 55.0 Å². The van der Waals surface area contributed by atoms with E-state index >= 15 is 0 Å². The largest absolute Gasteiger partial charge is 0.364 e. The van der Waals surface area contributed by atoms with Gasteiger partial charge in [-0.3, -0.25) is 4.79 Å². The van der Waals surface area contributed by atoms with Crippen molar-refractivity contribution >= 4 is 11.6 Å². The van der Waals surface area contributed by atoms with Crippen LogP contribution in [-0.2, 0) is 0 Å². The first-order chi connectivity index (χ1) is 13.2. The number of carbonyl (C=O) groups is 1. The molecule has 4 rings (SSSR count). The van der Waals surface area contributed by atoms with Gasteiger partial charge in [-0.05, 0) is 65.2 Å². The Kier molecular flexibility index (Phi) is 4.40. The maximum absolute atomic E-state index is 13.8. The number of amides is 1. The second-order valence-electron chi connectivity index (χ2n) is 8.76. The zero-order chi connectivity index (χ0) is 20.1. The fraction of sp³-hybridized carbons (Fsp3) is 0.500. The Bertz CT molecular complexity index is 929. The van der Waals surface area contributed by atoms with E-state index in [1.165, 1.54) is 6.07 Å². The van der Waals surface area contributed by atoms with Crippen LogP contribution in [0.15, 0.2) is 30.5 Å². The van der Waals surface area contributed by atoms with Gasteiger partial charge < -0.3 is 9.80 Å². The monoisotopic (exact) mass is 382 g/mol. The highest BCUT2D eigenvalue weighted by molar-refractivity contribution is 5.95. The molecule has 2 aromatic rings. The zero-order valence-corrected chi connectivity index (χ0v) is 17.0. The highest BCUT2D eigenvalue weighted by Gasteiger charge is 2.55. The number of halogens is 1. The minimum absolute atomic E-state index is 0.00638. The number of rotatable bonds is 2. The van der Waals surface area contributed by atoms with Gasteiger partial charge in [0.1, 0.15) is 11.6 Å². The van der Waals surface area contributed by atoms with Crippen molar-refractivity contribution in [1.82, 2.24) is 14.9 Å². The third kappa shape index (κ3) is 3.05. The lowest BCUT2D eigenvalue weighted by Crippen LogP contribution is -2.49. The number of benzene rings is 1. The molecule has 28 heavy (non-hydrogen) atoms. The lowest BCUT2D eigenvalue weighted by molar-refractivity contribution is 0.0615. The van der Waals surface area contributed by atoms with Crippen molar-refractivity contribution in [2.45, 2.75) is 58.0 Å². The van der Waals surface area contributed by atoms with Gasteiger partial charge in [-0.25, -0.2) is 14.4 Å². The standard InChI is InChI=1S/C22H27FN4O/c1-15-19(12-24-16(2)25-15)20(28)26-10-6-9-22(26)13-21(3,4)27(14-22)18-8-5-7-17(23)11-18/h5,7-8,11-12H,6,9-10,13-14H2,1-4H3. The van der Waals surface area contributed by atoms with E-state index in [9.17, 15) is 9.18 Å². The van der Waals surface area contributed by atoms with Crippen LogP contribution in [0.2, 0.25) is 0 Å². The van der Waals surface area contributed by atoms with E-state index in [4.69, 9.17) is 0 Å². The number of likely N-dealkylation sites (tertiary alicyclic amines) is 1. The van der Waals surface area contributed by atoms with Crippen LogP contribution in [0.3, 0.4) is 0 Å². The molecule has 1 spiro atoms. The van der Waals surface area contributed by atoms with E-state index in [0.717, 1.165) is 37.2 Å². The number of nitrogens with zero attached hydrogens (tertiary/aromatic N) is 4. The maximum Gasteiger partial charge on any atom is 0.257 e. The van der Waals surface area contributed by atoms with Gasteiger partial charge in [0.15, 0.2) is 0 Å². The van der Waals surface area contributed by atoms with Gasteiger partial charge in [0, 0.05) is 30.5 Å². The zero-order valence-electron chi connectivity index (χ0n) is 17.0. The summed E-state index contributed by atoms with van der Waals surface area (Å²) in [4.78, 5) is 26.3.